The van der Waals surface area contributed by atoms with Crippen molar-refractivity contribution in [3.63, 3.8) is 0 Å². The predicted octanol–water partition coefficient (Wildman–Crippen LogP) is 10.7. The second-order valence-corrected chi connectivity index (χ2v) is 24.7. The maximum absolute atomic E-state index is 14.6. The number of ether oxygens (including phenoxy) is 14. The Hall–Kier alpha value is -8.55. The normalized spacial score (nSPS) is 27.4. The van der Waals surface area contributed by atoms with Crippen LogP contribution in [0.2, 0.25) is 0 Å². The summed E-state index contributed by atoms with van der Waals surface area (Å²) in [6, 6.07) is 71.8. The van der Waals surface area contributed by atoms with Gasteiger partial charge in [-0.05, 0) is 57.0 Å². The van der Waals surface area contributed by atoms with E-state index in [9.17, 15) is 19.5 Å². The Morgan fingerprint density at radius 1 is 0.469 bits per heavy atom. The zero-order valence-corrected chi connectivity index (χ0v) is 54.3. The molecule has 1 aliphatic carbocycles. The fourth-order valence-corrected chi connectivity index (χ4v) is 13.4. The van der Waals surface area contributed by atoms with Crippen LogP contribution in [-0.4, -0.2) is 142 Å². The van der Waals surface area contributed by atoms with Crippen molar-refractivity contribution in [1.29, 1.82) is 0 Å². The van der Waals surface area contributed by atoms with Crippen LogP contribution in [0.1, 0.15) is 63.6 Å². The van der Waals surface area contributed by atoms with Gasteiger partial charge in [0.05, 0.1) is 45.7 Å². The number of carbonyl (C=O) groups is 3. The zero-order valence-electron chi connectivity index (χ0n) is 54.3. The smallest absolute Gasteiger partial charge is 0.407 e. The standard InChI is InChI=1S/C78H80N2O18/c1-49-64(86-42-50-25-9-3-10-26-50)69(97-77-71(89-45-53-31-15-6-16-32-53)68(88-44-52-29-13-5-14-30-52)67(70(98-77)73(82)83)87-43-51-27-11-4-12-28-51)72(90-46-54-33-17-7-18-34-54)76(93-49)96-66-63(75(85-2)94-61-48-91-74(95-65(61)66)55-35-19-8-20-36-55)80-62(81)41-79-78(84)92-47-60-58-39-23-21-37-56(58)57-38-22-24-40-59(57)60/h3-40,49,60-61,63-72,74-77H,41-48H2,1-2H3,(H,79,84)(H,80,81)(H,82,83)/t49-,61+,63+,64-,65+,66+,67+,68+,69+,70+,71+,72+,74+,75+,76-,77+/m0/s1. The molecule has 3 N–H and O–H groups in total. The monoisotopic (exact) mass is 1330 g/mol. The van der Waals surface area contributed by atoms with Crippen molar-refractivity contribution in [3.05, 3.63) is 275 Å². The number of nitrogens with one attached hydrogen (secondary N) is 2. The van der Waals surface area contributed by atoms with Crippen molar-refractivity contribution in [2.24, 2.45) is 0 Å². The molecule has 0 aromatic heterocycles. The average molecular weight is 1330 g/mol. The molecule has 98 heavy (non-hydrogen) atoms. The predicted molar refractivity (Wildman–Crippen MR) is 356 cm³/mol. The van der Waals surface area contributed by atoms with Gasteiger partial charge >= 0.3 is 12.1 Å². The van der Waals surface area contributed by atoms with Gasteiger partial charge in [0, 0.05) is 18.6 Å². The van der Waals surface area contributed by atoms with Gasteiger partial charge in [0.2, 0.25) is 5.91 Å². The molecule has 5 aliphatic rings. The summed E-state index contributed by atoms with van der Waals surface area (Å²) in [6.45, 7) is 1.48. The van der Waals surface area contributed by atoms with Gasteiger partial charge < -0.3 is 82.1 Å². The quantitative estimate of drug-likeness (QED) is 0.0435. The van der Waals surface area contributed by atoms with E-state index in [0.29, 0.717) is 5.56 Å². The van der Waals surface area contributed by atoms with E-state index in [1.165, 1.54) is 7.11 Å². The van der Waals surface area contributed by atoms with E-state index in [1.54, 1.807) is 0 Å². The van der Waals surface area contributed by atoms with Crippen LogP contribution in [0, 0.1) is 0 Å². The number of fused-ring (bicyclic) bond motifs is 4. The van der Waals surface area contributed by atoms with Gasteiger partial charge in [-0.15, -0.1) is 0 Å². The Balaban J connectivity index is 0.850. The summed E-state index contributed by atoms with van der Waals surface area (Å²) in [7, 11) is 1.44. The SMILES string of the molecule is CO[C@@H]1O[C@@H]2CO[C@@H](c3ccccc3)O[C@H]2[C@H](O[C@@H]2O[C@@H](C)[C@H](OCc3ccccc3)[C@@H](O[C@@H]3O[C@@H](C(=O)O)[C@H](OCc4ccccc4)[C@@H](OCc4ccccc4)[C@H]3OCc3ccccc3)[C@H]2OCc2ccccc2)[C@H]1NC(=O)CNC(=O)OCC1c2ccccc2-c2ccccc21. The summed E-state index contributed by atoms with van der Waals surface area (Å²) in [5.74, 6) is -2.19. The molecule has 4 saturated heterocycles. The van der Waals surface area contributed by atoms with Gasteiger partial charge in [-0.1, -0.05) is 231 Å². The second kappa shape index (κ2) is 32.9. The fraction of sp³-hybridized carbons (Fsp3) is 0.346. The molecule has 0 radical (unpaired) electrons. The molecule has 510 valence electrons. The molecule has 0 unspecified atom stereocenters. The molecule has 0 saturated carbocycles. The molecule has 20 nitrogen and oxygen atoms in total. The van der Waals surface area contributed by atoms with Gasteiger partial charge in [-0.25, -0.2) is 9.59 Å². The van der Waals surface area contributed by atoms with Gasteiger partial charge in [-0.2, -0.15) is 0 Å². The lowest BCUT2D eigenvalue weighted by Crippen LogP contribution is -2.70. The van der Waals surface area contributed by atoms with Crippen LogP contribution < -0.4 is 10.6 Å². The number of rotatable bonds is 27. The van der Waals surface area contributed by atoms with Crippen LogP contribution in [0.15, 0.2) is 231 Å². The minimum atomic E-state index is -1.69. The maximum atomic E-state index is 14.6. The van der Waals surface area contributed by atoms with Crippen molar-refractivity contribution in [2.45, 2.75) is 144 Å². The number of hydrogen-bond donors (Lipinski definition) is 3. The molecule has 8 aromatic rings. The first-order valence-corrected chi connectivity index (χ1v) is 33.1. The number of aliphatic carboxylic acids is 1. The Labute approximate surface area is 569 Å². The first-order valence-electron chi connectivity index (χ1n) is 33.1. The highest BCUT2D eigenvalue weighted by molar-refractivity contribution is 5.83. The molecule has 4 heterocycles. The van der Waals surface area contributed by atoms with Crippen LogP contribution in [0.4, 0.5) is 4.79 Å². The van der Waals surface area contributed by atoms with Crippen LogP contribution in [0.3, 0.4) is 0 Å². The summed E-state index contributed by atoms with van der Waals surface area (Å²) in [4.78, 5) is 42.2. The van der Waals surface area contributed by atoms with Crippen LogP contribution in [0.25, 0.3) is 11.1 Å². The average Bonchev–Trinajstić information content (AvgIpc) is 1.28. The first-order chi connectivity index (χ1) is 48.1. The number of methoxy groups -OCH3 is 1. The molecule has 2 amide bonds. The number of carboxylic acid groups (broad SMARTS) is 1. The van der Waals surface area contributed by atoms with Crippen molar-refractivity contribution in [3.8, 4) is 11.1 Å². The first kappa shape index (κ1) is 68.0. The van der Waals surface area contributed by atoms with E-state index in [0.717, 1.165) is 50.1 Å². The Bertz CT molecular complexity index is 3780. The molecule has 8 aromatic carbocycles. The van der Waals surface area contributed by atoms with Crippen LogP contribution in [-0.2, 0) is 109 Å². The summed E-state index contributed by atoms with van der Waals surface area (Å²) < 4.78 is 95.3. The largest absolute Gasteiger partial charge is 0.479 e. The number of hydrogen-bond acceptors (Lipinski definition) is 17. The lowest BCUT2D eigenvalue weighted by molar-refractivity contribution is -0.394. The summed E-state index contributed by atoms with van der Waals surface area (Å²) in [5.41, 5.74) is 8.96. The van der Waals surface area contributed by atoms with Crippen molar-refractivity contribution in [2.75, 3.05) is 26.9 Å². The lowest BCUT2D eigenvalue weighted by atomic mass is 9.94. The topological polar surface area (TPSA) is 225 Å². The highest BCUT2D eigenvalue weighted by Gasteiger charge is 2.58. The van der Waals surface area contributed by atoms with E-state index in [4.69, 9.17) is 66.3 Å². The molecule has 13 rings (SSSR count). The van der Waals surface area contributed by atoms with E-state index in [2.05, 4.69) is 22.8 Å². The van der Waals surface area contributed by atoms with Gasteiger partial charge in [0.1, 0.15) is 74.1 Å². The van der Waals surface area contributed by atoms with Crippen LogP contribution >= 0.6 is 0 Å². The fourth-order valence-electron chi connectivity index (χ4n) is 13.4. The zero-order chi connectivity index (χ0) is 67.2. The molecule has 4 fully saturated rings. The maximum Gasteiger partial charge on any atom is 0.407 e. The van der Waals surface area contributed by atoms with Gasteiger partial charge in [0.25, 0.3) is 0 Å². The van der Waals surface area contributed by atoms with Crippen LogP contribution in [0.5, 0.6) is 0 Å². The summed E-state index contributed by atoms with van der Waals surface area (Å²) in [5, 5.41) is 17.1. The molecular formula is C78H80N2O18. The minimum Gasteiger partial charge on any atom is -0.479 e. The van der Waals surface area contributed by atoms with E-state index in [1.807, 2.05) is 225 Å². The molecule has 16 atom stereocenters. The summed E-state index contributed by atoms with van der Waals surface area (Å²) >= 11 is 0. The van der Waals surface area contributed by atoms with Gasteiger partial charge in [0.15, 0.2) is 31.3 Å². The number of benzene rings is 8. The number of carboxylic acids is 1. The van der Waals surface area contributed by atoms with Crippen molar-refractivity contribution < 1.29 is 85.8 Å². The number of carbonyl (C=O) groups excluding carboxylic acids is 2. The third-order valence-electron chi connectivity index (χ3n) is 18.2. The number of alkyl carbamates (subject to hydrolysis) is 1. The van der Waals surface area contributed by atoms with Gasteiger partial charge in [-0.3, -0.25) is 4.79 Å². The Kier molecular flexibility index (Phi) is 22.8. The highest BCUT2D eigenvalue weighted by atomic mass is 16.8. The molecular weight excluding hydrogens is 1250 g/mol. The van der Waals surface area contributed by atoms with E-state index in [-0.39, 0.29) is 52.2 Å². The Morgan fingerprint density at radius 2 is 0.908 bits per heavy atom. The van der Waals surface area contributed by atoms with Crippen molar-refractivity contribution in [1.82, 2.24) is 10.6 Å². The lowest BCUT2D eigenvalue weighted by Gasteiger charge is -2.52. The minimum absolute atomic E-state index is 0.0124. The molecule has 0 spiro atoms. The third kappa shape index (κ3) is 16.4. The second-order valence-electron chi connectivity index (χ2n) is 24.7. The number of amides is 2. The third-order valence-corrected chi connectivity index (χ3v) is 18.2. The highest BCUT2D eigenvalue weighted by Crippen LogP contribution is 2.45. The van der Waals surface area contributed by atoms with E-state index < -0.39 is 123 Å². The molecule has 4 aliphatic heterocycles. The molecule has 20 heteroatoms. The Morgan fingerprint density at radius 3 is 1.42 bits per heavy atom. The summed E-state index contributed by atoms with van der Waals surface area (Å²) in [6.07, 6.45) is -18.7. The molecule has 0 bridgehead atoms. The van der Waals surface area contributed by atoms with Crippen molar-refractivity contribution >= 4 is 18.0 Å². The van der Waals surface area contributed by atoms with E-state index >= 15 is 0 Å².